The van der Waals surface area contributed by atoms with Crippen molar-refractivity contribution >= 4 is 25.9 Å². The van der Waals surface area contributed by atoms with Crippen molar-refractivity contribution in [1.82, 2.24) is 4.90 Å². The highest BCUT2D eigenvalue weighted by atomic mass is 28.3. The van der Waals surface area contributed by atoms with Crippen molar-refractivity contribution in [2.24, 2.45) is 5.92 Å². The van der Waals surface area contributed by atoms with Crippen molar-refractivity contribution < 1.29 is 23.9 Å². The number of esters is 2. The van der Waals surface area contributed by atoms with Crippen LogP contribution in [0.4, 0.5) is 0 Å². The van der Waals surface area contributed by atoms with Gasteiger partial charge in [0.25, 0.3) is 5.91 Å². The van der Waals surface area contributed by atoms with Gasteiger partial charge in [0.05, 0.1) is 6.42 Å². The number of hydrogen-bond acceptors (Lipinski definition) is 5. The second-order valence-electron chi connectivity index (χ2n) is 11.5. The van der Waals surface area contributed by atoms with Gasteiger partial charge in [0, 0.05) is 23.3 Å². The summed E-state index contributed by atoms with van der Waals surface area (Å²) in [5.41, 5.74) is 2.86. The molecule has 0 N–H and O–H groups in total. The summed E-state index contributed by atoms with van der Waals surface area (Å²) >= 11 is 0. The molecule has 0 saturated heterocycles. The Morgan fingerprint density at radius 2 is 1.50 bits per heavy atom. The normalized spacial score (nSPS) is 18.5. The maximum Gasteiger partial charge on any atom is 0.330 e. The molecule has 0 radical (unpaired) electrons. The molecule has 0 spiro atoms. The highest BCUT2D eigenvalue weighted by Gasteiger charge is 2.46. The largest absolute Gasteiger partial charge is 0.460 e. The van der Waals surface area contributed by atoms with Gasteiger partial charge in [-0.1, -0.05) is 43.8 Å². The van der Waals surface area contributed by atoms with Crippen LogP contribution in [0.2, 0.25) is 19.6 Å². The summed E-state index contributed by atoms with van der Waals surface area (Å²) in [5.74, 6) is 1.14. The molecular formula is C27H37NO5Si. The second kappa shape index (κ2) is 10.2. The fourth-order valence-corrected chi connectivity index (χ4v) is 3.93. The maximum atomic E-state index is 13.5. The van der Waals surface area contributed by atoms with E-state index >= 15 is 0 Å². The lowest BCUT2D eigenvalue weighted by molar-refractivity contribution is -0.162. The van der Waals surface area contributed by atoms with Gasteiger partial charge in [-0.05, 0) is 53.7 Å². The molecule has 0 aliphatic carbocycles. The Morgan fingerprint density at radius 3 is 2.00 bits per heavy atom. The Balaban J connectivity index is 2.56. The SMILES string of the molecule is CC(C)(C)OC(=O)C[C@H]1C(C#C[Si](C)(C)C)=CN(C(=O)c2ccccc2)[C@@H]1C(=O)OC(C)(C)C. The van der Waals surface area contributed by atoms with Crippen LogP contribution in [-0.4, -0.2) is 48.1 Å². The lowest BCUT2D eigenvalue weighted by atomic mass is 9.91. The summed E-state index contributed by atoms with van der Waals surface area (Å²) in [7, 11) is -1.77. The third kappa shape index (κ3) is 8.18. The molecule has 2 rings (SSSR count). The van der Waals surface area contributed by atoms with Gasteiger partial charge in [0.15, 0.2) is 0 Å². The Bertz CT molecular complexity index is 1010. The summed E-state index contributed by atoms with van der Waals surface area (Å²) in [4.78, 5) is 41.0. The van der Waals surface area contributed by atoms with E-state index in [9.17, 15) is 14.4 Å². The zero-order valence-electron chi connectivity index (χ0n) is 21.8. The Hall–Kier alpha value is -2.85. The van der Waals surface area contributed by atoms with Crippen LogP contribution in [0.3, 0.4) is 0 Å². The minimum atomic E-state index is -1.77. The molecule has 6 nitrogen and oxygen atoms in total. The number of benzene rings is 1. The Labute approximate surface area is 204 Å². The van der Waals surface area contributed by atoms with Crippen LogP contribution in [0.1, 0.15) is 58.3 Å². The van der Waals surface area contributed by atoms with Gasteiger partial charge >= 0.3 is 11.9 Å². The topological polar surface area (TPSA) is 72.9 Å². The van der Waals surface area contributed by atoms with Crippen LogP contribution in [-0.2, 0) is 19.1 Å². The predicted molar refractivity (Wildman–Crippen MR) is 135 cm³/mol. The summed E-state index contributed by atoms with van der Waals surface area (Å²) < 4.78 is 11.2. The maximum absolute atomic E-state index is 13.5. The number of nitrogens with zero attached hydrogens (tertiary/aromatic N) is 1. The van der Waals surface area contributed by atoms with E-state index in [4.69, 9.17) is 9.47 Å². The van der Waals surface area contributed by atoms with Crippen LogP contribution in [0.15, 0.2) is 42.1 Å². The third-order valence-corrected chi connectivity index (χ3v) is 5.53. The van der Waals surface area contributed by atoms with Gasteiger partial charge < -0.3 is 9.47 Å². The van der Waals surface area contributed by atoms with E-state index in [1.165, 1.54) is 4.90 Å². The second-order valence-corrected chi connectivity index (χ2v) is 16.3. The number of amides is 1. The lowest BCUT2D eigenvalue weighted by Crippen LogP contribution is -2.46. The summed E-state index contributed by atoms with van der Waals surface area (Å²) in [6.45, 7) is 17.0. The van der Waals surface area contributed by atoms with Crippen molar-refractivity contribution in [2.75, 3.05) is 0 Å². The van der Waals surface area contributed by atoms with Gasteiger partial charge in [-0.25, -0.2) is 4.79 Å². The third-order valence-electron chi connectivity index (χ3n) is 4.65. The van der Waals surface area contributed by atoms with E-state index in [1.54, 1.807) is 72.0 Å². The van der Waals surface area contributed by atoms with Crippen molar-refractivity contribution in [3.8, 4) is 11.5 Å². The summed E-state index contributed by atoms with van der Waals surface area (Å²) in [5, 5.41) is 0. The highest BCUT2D eigenvalue weighted by molar-refractivity contribution is 6.83. The highest BCUT2D eigenvalue weighted by Crippen LogP contribution is 2.35. The monoisotopic (exact) mass is 483 g/mol. The number of carbonyl (C=O) groups excluding carboxylic acids is 3. The molecule has 1 heterocycles. The standard InChI is InChI=1S/C27H37NO5Si/c1-26(2,3)32-22(29)17-21-20(15-16-34(7,8)9)18-28(23(21)25(31)33-27(4,5)6)24(30)19-13-11-10-12-14-19/h10-14,18,21,23H,17H2,1-9H3/t21-,23-/m0/s1. The Morgan fingerprint density at radius 1 is 0.941 bits per heavy atom. The van der Waals surface area contributed by atoms with E-state index in [1.807, 2.05) is 6.07 Å². The molecule has 0 fully saturated rings. The van der Waals surface area contributed by atoms with Crippen molar-refractivity contribution in [3.05, 3.63) is 47.7 Å². The molecule has 1 aliphatic heterocycles. The fourth-order valence-electron chi connectivity index (χ4n) is 3.41. The molecule has 7 heteroatoms. The van der Waals surface area contributed by atoms with E-state index in [0.717, 1.165) is 0 Å². The predicted octanol–water partition coefficient (Wildman–Crippen LogP) is 4.97. The quantitative estimate of drug-likeness (QED) is 0.344. The average Bonchev–Trinajstić information content (AvgIpc) is 3.01. The first-order valence-electron chi connectivity index (χ1n) is 11.5. The molecule has 1 aromatic carbocycles. The van der Waals surface area contributed by atoms with Crippen molar-refractivity contribution in [1.29, 1.82) is 0 Å². The van der Waals surface area contributed by atoms with Gasteiger partial charge in [-0.3, -0.25) is 14.5 Å². The first kappa shape index (κ1) is 27.4. The summed E-state index contributed by atoms with van der Waals surface area (Å²) in [6.07, 6.45) is 1.51. The molecule has 2 atom stereocenters. The molecule has 1 amide bonds. The van der Waals surface area contributed by atoms with E-state index in [0.29, 0.717) is 11.1 Å². The minimum Gasteiger partial charge on any atom is -0.460 e. The number of ether oxygens (including phenoxy) is 2. The molecule has 34 heavy (non-hydrogen) atoms. The van der Waals surface area contributed by atoms with Gasteiger partial charge in [0.2, 0.25) is 0 Å². The van der Waals surface area contributed by atoms with Gasteiger partial charge in [-0.15, -0.1) is 5.54 Å². The number of rotatable bonds is 4. The first-order valence-corrected chi connectivity index (χ1v) is 15.0. The lowest BCUT2D eigenvalue weighted by Gasteiger charge is -2.30. The van der Waals surface area contributed by atoms with Crippen molar-refractivity contribution in [3.63, 3.8) is 0 Å². The van der Waals surface area contributed by atoms with E-state index in [2.05, 4.69) is 31.1 Å². The van der Waals surface area contributed by atoms with E-state index < -0.39 is 43.2 Å². The van der Waals surface area contributed by atoms with Crippen LogP contribution in [0.25, 0.3) is 0 Å². The molecule has 0 aromatic heterocycles. The van der Waals surface area contributed by atoms with Crippen LogP contribution >= 0.6 is 0 Å². The molecule has 0 saturated carbocycles. The Kier molecular flexibility index (Phi) is 8.21. The number of hydrogen-bond donors (Lipinski definition) is 0. The van der Waals surface area contributed by atoms with Gasteiger partial charge in [-0.2, -0.15) is 0 Å². The average molecular weight is 484 g/mol. The molecule has 1 aliphatic rings. The van der Waals surface area contributed by atoms with Crippen LogP contribution < -0.4 is 0 Å². The fraction of sp³-hybridized carbons (Fsp3) is 0.519. The molecule has 184 valence electrons. The summed E-state index contributed by atoms with van der Waals surface area (Å²) in [6, 6.07) is 7.70. The molecule has 1 aromatic rings. The number of carbonyl (C=O) groups is 3. The smallest absolute Gasteiger partial charge is 0.330 e. The van der Waals surface area contributed by atoms with Gasteiger partial charge in [0.1, 0.15) is 25.3 Å². The van der Waals surface area contributed by atoms with Crippen molar-refractivity contribution in [2.45, 2.75) is 84.8 Å². The zero-order valence-corrected chi connectivity index (χ0v) is 22.8. The zero-order chi connectivity index (χ0) is 25.9. The molecule has 0 bridgehead atoms. The molecular weight excluding hydrogens is 446 g/mol. The van der Waals surface area contributed by atoms with Crippen LogP contribution in [0.5, 0.6) is 0 Å². The van der Waals surface area contributed by atoms with Crippen LogP contribution in [0, 0.1) is 17.4 Å². The van der Waals surface area contributed by atoms with E-state index in [-0.39, 0.29) is 12.3 Å². The molecule has 0 unspecified atom stereocenters. The first-order chi connectivity index (χ1) is 15.5. The minimum absolute atomic E-state index is 0.0913.